The number of carbonyl (C=O) groups is 1. The number of hydrogen-bond acceptors (Lipinski definition) is 8. The maximum absolute atomic E-state index is 12.5. The summed E-state index contributed by atoms with van der Waals surface area (Å²) in [6.07, 6.45) is 1.68. The number of ether oxygens (including phenoxy) is 3. The molecule has 0 spiro atoms. The number of amides is 1. The molecule has 9 nitrogen and oxygen atoms in total. The minimum Gasteiger partial charge on any atom is -0.494 e. The summed E-state index contributed by atoms with van der Waals surface area (Å²) in [6, 6.07) is 16.7. The van der Waals surface area contributed by atoms with E-state index in [4.69, 9.17) is 25.8 Å². The Balaban J connectivity index is 1.50. The van der Waals surface area contributed by atoms with Crippen molar-refractivity contribution in [2.75, 3.05) is 13.7 Å². The van der Waals surface area contributed by atoms with E-state index in [9.17, 15) is 14.9 Å². The zero-order valence-electron chi connectivity index (χ0n) is 19.9. The molecule has 0 unspecified atom stereocenters. The van der Waals surface area contributed by atoms with Crippen LogP contribution < -0.4 is 19.5 Å². The second-order valence-corrected chi connectivity index (χ2v) is 9.10. The molecule has 4 rings (SSSR count). The number of hydrogen-bond donors (Lipinski definition) is 1. The topological polar surface area (TPSA) is 112 Å². The Morgan fingerprint density at radius 3 is 2.62 bits per heavy atom. The van der Waals surface area contributed by atoms with E-state index in [2.05, 4.69) is 10.3 Å². The third-order valence-corrected chi connectivity index (χ3v) is 6.27. The number of amidine groups is 1. The lowest BCUT2D eigenvalue weighted by Gasteiger charge is -2.13. The minimum absolute atomic E-state index is 0.0288. The van der Waals surface area contributed by atoms with Crippen LogP contribution in [-0.2, 0) is 11.4 Å². The van der Waals surface area contributed by atoms with Crippen LogP contribution in [0.4, 0.5) is 11.4 Å². The molecule has 1 N–H and O–H groups in total. The lowest BCUT2D eigenvalue weighted by molar-refractivity contribution is -0.384. The number of benzene rings is 3. The Hall–Kier alpha value is -4.02. The highest BCUT2D eigenvalue weighted by molar-refractivity contribution is 8.18. The van der Waals surface area contributed by atoms with Crippen LogP contribution in [0.2, 0.25) is 5.02 Å². The molecule has 0 radical (unpaired) electrons. The van der Waals surface area contributed by atoms with Crippen LogP contribution >= 0.6 is 23.4 Å². The standard InChI is InChI=1S/C26H22ClN3O6S/c1-3-35-20-9-7-18(8-10-20)28-26-29-25(31)23(37-26)14-17-12-21(27)24(22(13-17)34-2)36-15-16-5-4-6-19(11-16)30(32)33/h4-14H,3,15H2,1-2H3,(H,28,29,31)/b23-14+. The van der Waals surface area contributed by atoms with Crippen LogP contribution in [0.15, 0.2) is 70.6 Å². The van der Waals surface area contributed by atoms with Gasteiger partial charge in [0.15, 0.2) is 16.7 Å². The van der Waals surface area contributed by atoms with Gasteiger partial charge in [0, 0.05) is 12.1 Å². The molecule has 1 heterocycles. The fourth-order valence-electron chi connectivity index (χ4n) is 3.41. The molecule has 0 atom stereocenters. The predicted octanol–water partition coefficient (Wildman–Crippen LogP) is 6.13. The normalized spacial score (nSPS) is 15.1. The summed E-state index contributed by atoms with van der Waals surface area (Å²) in [5.74, 6) is 1.12. The van der Waals surface area contributed by atoms with Crippen molar-refractivity contribution >= 4 is 51.9 Å². The van der Waals surface area contributed by atoms with Crippen molar-refractivity contribution in [3.63, 3.8) is 0 Å². The molecule has 1 aliphatic rings. The second-order valence-electron chi connectivity index (χ2n) is 7.66. The fraction of sp³-hybridized carbons (Fsp3) is 0.154. The van der Waals surface area contributed by atoms with Gasteiger partial charge in [0.2, 0.25) is 0 Å². The number of nitrogens with one attached hydrogen (secondary N) is 1. The Labute approximate surface area is 222 Å². The van der Waals surface area contributed by atoms with Crippen molar-refractivity contribution < 1.29 is 23.9 Å². The van der Waals surface area contributed by atoms with Gasteiger partial charge in [-0.25, -0.2) is 4.99 Å². The molecular formula is C26H22ClN3O6S. The molecule has 0 bridgehead atoms. The monoisotopic (exact) mass is 539 g/mol. The summed E-state index contributed by atoms with van der Waals surface area (Å²) in [5, 5.41) is 14.5. The fourth-order valence-corrected chi connectivity index (χ4v) is 4.53. The first-order valence-corrected chi connectivity index (χ1v) is 12.3. The van der Waals surface area contributed by atoms with Gasteiger partial charge in [-0.05, 0) is 72.3 Å². The lowest BCUT2D eigenvalue weighted by atomic mass is 10.1. The average molecular weight is 540 g/mol. The molecule has 1 fully saturated rings. The molecule has 11 heteroatoms. The molecule has 1 saturated heterocycles. The third-order valence-electron chi connectivity index (χ3n) is 5.08. The number of carbonyl (C=O) groups excluding carboxylic acids is 1. The van der Waals surface area contributed by atoms with E-state index in [-0.39, 0.29) is 23.2 Å². The highest BCUT2D eigenvalue weighted by atomic mass is 35.5. The number of thioether (sulfide) groups is 1. The van der Waals surface area contributed by atoms with Gasteiger partial charge in [-0.3, -0.25) is 14.9 Å². The van der Waals surface area contributed by atoms with Crippen LogP contribution in [0.1, 0.15) is 18.1 Å². The summed E-state index contributed by atoms with van der Waals surface area (Å²) in [7, 11) is 1.47. The van der Waals surface area contributed by atoms with Gasteiger partial charge in [-0.1, -0.05) is 23.7 Å². The van der Waals surface area contributed by atoms with Crippen LogP contribution in [-0.4, -0.2) is 29.7 Å². The number of halogens is 1. The number of nitro benzene ring substituents is 1. The van der Waals surface area contributed by atoms with Crippen molar-refractivity contribution in [2.45, 2.75) is 13.5 Å². The van der Waals surface area contributed by atoms with E-state index in [1.54, 1.807) is 30.3 Å². The first kappa shape index (κ1) is 26.1. The van der Waals surface area contributed by atoms with Gasteiger partial charge in [0.05, 0.1) is 34.3 Å². The zero-order valence-corrected chi connectivity index (χ0v) is 21.5. The van der Waals surface area contributed by atoms with Crippen molar-refractivity contribution in [1.82, 2.24) is 5.32 Å². The number of methoxy groups -OCH3 is 1. The van der Waals surface area contributed by atoms with Crippen LogP contribution in [0.3, 0.4) is 0 Å². The number of nitrogens with zero attached hydrogens (tertiary/aromatic N) is 2. The maximum Gasteiger partial charge on any atom is 0.269 e. The summed E-state index contributed by atoms with van der Waals surface area (Å²) < 4.78 is 16.7. The first-order chi connectivity index (χ1) is 17.9. The summed E-state index contributed by atoms with van der Waals surface area (Å²) in [6.45, 7) is 2.55. The number of non-ortho nitro benzene ring substituents is 1. The zero-order chi connectivity index (χ0) is 26.4. The van der Waals surface area contributed by atoms with Crippen molar-refractivity contribution in [1.29, 1.82) is 0 Å². The number of aliphatic imine (C=N–C) groups is 1. The van der Waals surface area contributed by atoms with Crippen molar-refractivity contribution in [2.24, 2.45) is 4.99 Å². The van der Waals surface area contributed by atoms with Gasteiger partial charge < -0.3 is 19.5 Å². The molecule has 0 saturated carbocycles. The smallest absolute Gasteiger partial charge is 0.269 e. The lowest BCUT2D eigenvalue weighted by Crippen LogP contribution is -2.19. The minimum atomic E-state index is -0.467. The maximum atomic E-state index is 12.5. The number of rotatable bonds is 9. The summed E-state index contributed by atoms with van der Waals surface area (Å²) in [4.78, 5) is 28.0. The first-order valence-electron chi connectivity index (χ1n) is 11.1. The Bertz CT molecular complexity index is 1390. The van der Waals surface area contributed by atoms with Gasteiger partial charge in [-0.15, -0.1) is 0 Å². The average Bonchev–Trinajstić information content (AvgIpc) is 3.22. The molecule has 190 valence electrons. The quantitative estimate of drug-likeness (QED) is 0.198. The molecule has 0 aliphatic carbocycles. The largest absolute Gasteiger partial charge is 0.494 e. The Kier molecular flexibility index (Phi) is 8.32. The van der Waals surface area contributed by atoms with Gasteiger partial charge in [0.25, 0.3) is 11.6 Å². The Morgan fingerprint density at radius 2 is 1.92 bits per heavy atom. The van der Waals surface area contributed by atoms with Gasteiger partial charge >= 0.3 is 0 Å². The molecule has 3 aromatic carbocycles. The van der Waals surface area contributed by atoms with Gasteiger partial charge in [-0.2, -0.15) is 0 Å². The second kappa shape index (κ2) is 11.8. The Morgan fingerprint density at radius 1 is 1.14 bits per heavy atom. The van der Waals surface area contributed by atoms with Crippen LogP contribution in [0, 0.1) is 10.1 Å². The predicted molar refractivity (Wildman–Crippen MR) is 144 cm³/mol. The summed E-state index contributed by atoms with van der Waals surface area (Å²) in [5.41, 5.74) is 1.89. The van der Waals surface area contributed by atoms with E-state index in [0.29, 0.717) is 45.0 Å². The highest BCUT2D eigenvalue weighted by Gasteiger charge is 2.24. The highest BCUT2D eigenvalue weighted by Crippen LogP contribution is 2.38. The SMILES string of the molecule is CCOc1ccc(N=C2NC(=O)/C(=C\c3cc(Cl)c(OCc4cccc([N+](=O)[O-])c4)c(OC)c3)S2)cc1. The van der Waals surface area contributed by atoms with Crippen molar-refractivity contribution in [3.8, 4) is 17.2 Å². The summed E-state index contributed by atoms with van der Waals surface area (Å²) >= 11 is 7.68. The molecule has 0 aromatic heterocycles. The van der Waals surface area contributed by atoms with Crippen molar-refractivity contribution in [3.05, 3.63) is 91.8 Å². The van der Waals surface area contributed by atoms with Crippen LogP contribution in [0.5, 0.6) is 17.2 Å². The molecule has 3 aromatic rings. The molecule has 1 aliphatic heterocycles. The van der Waals surface area contributed by atoms with E-state index < -0.39 is 4.92 Å². The van der Waals surface area contributed by atoms with E-state index in [1.807, 2.05) is 31.2 Å². The third kappa shape index (κ3) is 6.60. The number of nitro groups is 1. The van der Waals surface area contributed by atoms with Gasteiger partial charge in [0.1, 0.15) is 12.4 Å². The van der Waals surface area contributed by atoms with Crippen LogP contribution in [0.25, 0.3) is 6.08 Å². The van der Waals surface area contributed by atoms with E-state index >= 15 is 0 Å². The molecule has 1 amide bonds. The van der Waals surface area contributed by atoms with E-state index in [0.717, 1.165) is 5.75 Å². The van der Waals surface area contributed by atoms with E-state index in [1.165, 1.54) is 31.0 Å². The molecule has 37 heavy (non-hydrogen) atoms. The molecular weight excluding hydrogens is 518 g/mol.